The number of sulfonamides is 1. The summed E-state index contributed by atoms with van der Waals surface area (Å²) in [4.78, 5) is 1.63. The van der Waals surface area contributed by atoms with Crippen molar-refractivity contribution >= 4 is 31.6 Å². The van der Waals surface area contributed by atoms with E-state index in [2.05, 4.69) is 25.6 Å². The van der Waals surface area contributed by atoms with Gasteiger partial charge in [0.25, 0.3) is 0 Å². The number of nitrogens with zero attached hydrogens (tertiary/aromatic N) is 1. The highest BCUT2D eigenvalue weighted by Crippen LogP contribution is 2.25. The summed E-state index contributed by atoms with van der Waals surface area (Å²) in [6, 6.07) is 2.43. The van der Waals surface area contributed by atoms with E-state index in [9.17, 15) is 12.8 Å². The monoisotopic (exact) mass is 381 g/mol. The smallest absolute Gasteiger partial charge is 0.243 e. The SMILES string of the molecule is Nc1cc(Br)c(F)c(S(=O)(=O)NCCN2CCOCC2)c1. The molecule has 0 atom stereocenters. The number of nitrogens with two attached hydrogens (primary N) is 1. The summed E-state index contributed by atoms with van der Waals surface area (Å²) in [5, 5.41) is 0. The van der Waals surface area contributed by atoms with Crippen LogP contribution in [0.3, 0.4) is 0 Å². The average Bonchev–Trinajstić information content (AvgIpc) is 2.43. The second-order valence-corrected chi connectivity index (χ2v) is 7.26. The Hall–Kier alpha value is -0.740. The van der Waals surface area contributed by atoms with Crippen LogP contribution in [0.15, 0.2) is 21.5 Å². The average molecular weight is 382 g/mol. The van der Waals surface area contributed by atoms with Crippen LogP contribution < -0.4 is 10.5 Å². The minimum absolute atomic E-state index is 0.0241. The minimum atomic E-state index is -3.93. The number of hydrogen-bond acceptors (Lipinski definition) is 5. The quantitative estimate of drug-likeness (QED) is 0.736. The van der Waals surface area contributed by atoms with E-state index in [1.165, 1.54) is 6.07 Å². The van der Waals surface area contributed by atoms with Gasteiger partial charge in [0.1, 0.15) is 4.90 Å². The molecule has 0 aromatic heterocycles. The first-order chi connectivity index (χ1) is 9.90. The Kier molecular flexibility index (Phi) is 5.55. The molecule has 0 spiro atoms. The van der Waals surface area contributed by atoms with E-state index < -0.39 is 20.7 Å². The second kappa shape index (κ2) is 7.01. The van der Waals surface area contributed by atoms with Crippen molar-refractivity contribution in [3.8, 4) is 0 Å². The number of benzene rings is 1. The number of rotatable bonds is 5. The van der Waals surface area contributed by atoms with Gasteiger partial charge in [-0.2, -0.15) is 0 Å². The van der Waals surface area contributed by atoms with Crippen LogP contribution >= 0.6 is 15.9 Å². The highest BCUT2D eigenvalue weighted by Gasteiger charge is 2.22. The van der Waals surface area contributed by atoms with Crippen molar-refractivity contribution in [2.45, 2.75) is 4.90 Å². The van der Waals surface area contributed by atoms with Crippen molar-refractivity contribution < 1.29 is 17.5 Å². The molecular weight excluding hydrogens is 365 g/mol. The van der Waals surface area contributed by atoms with Crippen LogP contribution in [0.5, 0.6) is 0 Å². The van der Waals surface area contributed by atoms with Crippen molar-refractivity contribution in [3.63, 3.8) is 0 Å². The first-order valence-electron chi connectivity index (χ1n) is 6.44. The fraction of sp³-hybridized carbons (Fsp3) is 0.500. The Bertz CT molecular complexity index is 606. The fourth-order valence-corrected chi connectivity index (χ4v) is 3.78. The van der Waals surface area contributed by atoms with Crippen molar-refractivity contribution in [1.82, 2.24) is 9.62 Å². The molecular formula is C12H17BrFN3O3S. The van der Waals surface area contributed by atoms with E-state index in [4.69, 9.17) is 10.5 Å². The Morgan fingerprint density at radius 2 is 2.05 bits per heavy atom. The van der Waals surface area contributed by atoms with Gasteiger partial charge < -0.3 is 10.5 Å². The molecule has 0 amide bonds. The van der Waals surface area contributed by atoms with Crippen LogP contribution in [0.2, 0.25) is 0 Å². The maximum absolute atomic E-state index is 13.9. The molecule has 118 valence electrons. The van der Waals surface area contributed by atoms with Gasteiger partial charge in [-0.1, -0.05) is 0 Å². The van der Waals surface area contributed by atoms with Gasteiger partial charge in [-0.05, 0) is 28.1 Å². The highest BCUT2D eigenvalue weighted by molar-refractivity contribution is 9.10. The van der Waals surface area contributed by atoms with Crippen LogP contribution in [-0.2, 0) is 14.8 Å². The van der Waals surface area contributed by atoms with Crippen molar-refractivity contribution in [1.29, 1.82) is 0 Å². The van der Waals surface area contributed by atoms with Gasteiger partial charge in [0.05, 0.1) is 17.7 Å². The van der Waals surface area contributed by atoms with E-state index in [-0.39, 0.29) is 16.7 Å². The molecule has 0 unspecified atom stereocenters. The van der Waals surface area contributed by atoms with Crippen LogP contribution in [0.25, 0.3) is 0 Å². The minimum Gasteiger partial charge on any atom is -0.399 e. The lowest BCUT2D eigenvalue weighted by Crippen LogP contribution is -2.41. The molecule has 1 aliphatic rings. The maximum Gasteiger partial charge on any atom is 0.243 e. The topological polar surface area (TPSA) is 84.7 Å². The molecule has 1 heterocycles. The van der Waals surface area contributed by atoms with Crippen molar-refractivity contribution in [2.24, 2.45) is 0 Å². The third kappa shape index (κ3) is 4.36. The lowest BCUT2D eigenvalue weighted by atomic mass is 10.3. The van der Waals surface area contributed by atoms with Gasteiger partial charge in [-0.25, -0.2) is 17.5 Å². The number of nitrogen functional groups attached to an aromatic ring is 1. The number of anilines is 1. The molecule has 0 saturated carbocycles. The normalized spacial score (nSPS) is 17.0. The molecule has 0 radical (unpaired) electrons. The number of halogens is 2. The molecule has 1 aromatic carbocycles. The van der Waals surface area contributed by atoms with Crippen LogP contribution in [0.4, 0.5) is 10.1 Å². The molecule has 1 aromatic rings. The zero-order valence-corrected chi connectivity index (χ0v) is 13.7. The first-order valence-corrected chi connectivity index (χ1v) is 8.72. The molecule has 9 heteroatoms. The van der Waals surface area contributed by atoms with Gasteiger partial charge in [0, 0.05) is 31.9 Å². The lowest BCUT2D eigenvalue weighted by Gasteiger charge is -2.26. The molecule has 0 aliphatic carbocycles. The van der Waals surface area contributed by atoms with Crippen LogP contribution in [-0.4, -0.2) is 52.7 Å². The molecule has 2 rings (SSSR count). The second-order valence-electron chi connectivity index (χ2n) is 4.67. The molecule has 21 heavy (non-hydrogen) atoms. The molecule has 6 nitrogen and oxygen atoms in total. The van der Waals surface area contributed by atoms with E-state index in [1.807, 2.05) is 0 Å². The van der Waals surface area contributed by atoms with Gasteiger partial charge in [0.15, 0.2) is 5.82 Å². The van der Waals surface area contributed by atoms with Gasteiger partial charge in [-0.15, -0.1) is 0 Å². The van der Waals surface area contributed by atoms with Crippen molar-refractivity contribution in [2.75, 3.05) is 45.1 Å². The Labute approximate surface area is 131 Å². The van der Waals surface area contributed by atoms with E-state index in [0.717, 1.165) is 19.2 Å². The van der Waals surface area contributed by atoms with E-state index >= 15 is 0 Å². The highest BCUT2D eigenvalue weighted by atomic mass is 79.9. The Morgan fingerprint density at radius 3 is 2.71 bits per heavy atom. The predicted octanol–water partition coefficient (Wildman–Crippen LogP) is 0.781. The zero-order chi connectivity index (χ0) is 15.5. The van der Waals surface area contributed by atoms with Gasteiger partial charge >= 0.3 is 0 Å². The summed E-state index contributed by atoms with van der Waals surface area (Å²) >= 11 is 2.95. The van der Waals surface area contributed by atoms with Gasteiger partial charge in [-0.3, -0.25) is 4.90 Å². The van der Waals surface area contributed by atoms with Crippen molar-refractivity contribution in [3.05, 3.63) is 22.4 Å². The fourth-order valence-electron chi connectivity index (χ4n) is 2.02. The number of ether oxygens (including phenoxy) is 1. The molecule has 1 fully saturated rings. The molecule has 1 aliphatic heterocycles. The summed E-state index contributed by atoms with van der Waals surface area (Å²) in [5.74, 6) is -0.844. The summed E-state index contributed by atoms with van der Waals surface area (Å²) in [7, 11) is -3.93. The Balaban J connectivity index is 2.01. The largest absolute Gasteiger partial charge is 0.399 e. The number of morpholine rings is 1. The summed E-state index contributed by atoms with van der Waals surface area (Å²) < 4.78 is 45.8. The van der Waals surface area contributed by atoms with Gasteiger partial charge in [0.2, 0.25) is 10.0 Å². The lowest BCUT2D eigenvalue weighted by molar-refractivity contribution is 0.0390. The molecule has 1 saturated heterocycles. The number of nitrogens with one attached hydrogen (secondary N) is 1. The number of hydrogen-bond donors (Lipinski definition) is 2. The third-order valence-electron chi connectivity index (χ3n) is 3.13. The summed E-state index contributed by atoms with van der Waals surface area (Å²) in [6.45, 7) is 3.56. The standard InChI is InChI=1S/C12H17BrFN3O3S/c13-10-7-9(15)8-11(12(10)14)21(18,19)16-1-2-17-3-5-20-6-4-17/h7-8,16H,1-6,15H2. The molecule has 0 bridgehead atoms. The van der Waals surface area contributed by atoms with Crippen LogP contribution in [0, 0.1) is 5.82 Å². The molecule has 3 N–H and O–H groups in total. The van der Waals surface area contributed by atoms with Crippen LogP contribution in [0.1, 0.15) is 0 Å². The van der Waals surface area contributed by atoms with E-state index in [1.54, 1.807) is 0 Å². The first kappa shape index (κ1) is 16.6. The predicted molar refractivity (Wildman–Crippen MR) is 81.0 cm³/mol. The Morgan fingerprint density at radius 1 is 1.38 bits per heavy atom. The summed E-state index contributed by atoms with van der Waals surface area (Å²) in [5.41, 5.74) is 5.74. The maximum atomic E-state index is 13.9. The third-order valence-corrected chi connectivity index (χ3v) is 5.17. The summed E-state index contributed by atoms with van der Waals surface area (Å²) in [6.07, 6.45) is 0. The van der Waals surface area contributed by atoms with E-state index in [0.29, 0.717) is 19.8 Å². The zero-order valence-electron chi connectivity index (χ0n) is 11.3.